The Morgan fingerprint density at radius 1 is 1.41 bits per heavy atom. The maximum Gasteiger partial charge on any atom is 0.232 e. The highest BCUT2D eigenvalue weighted by Crippen LogP contribution is 2.31. The number of nitrogens with one attached hydrogen (secondary N) is 2. The Bertz CT molecular complexity index is 635. The third-order valence-electron chi connectivity index (χ3n) is 4.13. The van der Waals surface area contributed by atoms with E-state index in [1.807, 2.05) is 24.3 Å². The molecule has 1 aromatic heterocycles. The van der Waals surface area contributed by atoms with Crippen molar-refractivity contribution in [3.8, 4) is 11.4 Å². The van der Waals surface area contributed by atoms with Crippen LogP contribution in [0.2, 0.25) is 0 Å². The Morgan fingerprint density at radius 2 is 2.23 bits per heavy atom. The van der Waals surface area contributed by atoms with Crippen molar-refractivity contribution in [1.29, 1.82) is 0 Å². The average Bonchev–Trinajstić information content (AvgIpc) is 3.10. The zero-order chi connectivity index (χ0) is 15.4. The number of benzene rings is 1. The Hall–Kier alpha value is -2.25. The molecule has 0 spiro atoms. The summed E-state index contributed by atoms with van der Waals surface area (Å²) in [6, 6.07) is 7.49. The highest BCUT2D eigenvalue weighted by atomic mass is 16.5. The smallest absolute Gasteiger partial charge is 0.232 e. The second-order valence-electron chi connectivity index (χ2n) is 5.47. The van der Waals surface area contributed by atoms with E-state index >= 15 is 0 Å². The number of hydrogen-bond donors (Lipinski definition) is 3. The minimum atomic E-state index is -0.541. The van der Waals surface area contributed by atoms with Crippen LogP contribution in [0.15, 0.2) is 30.6 Å². The average molecular weight is 301 g/mol. The van der Waals surface area contributed by atoms with E-state index in [-0.39, 0.29) is 5.91 Å². The first kappa shape index (κ1) is 14.7. The molecule has 1 aromatic carbocycles. The van der Waals surface area contributed by atoms with Gasteiger partial charge in [-0.05, 0) is 25.0 Å². The summed E-state index contributed by atoms with van der Waals surface area (Å²) in [5, 5.41) is 9.61. The predicted octanol–water partition coefficient (Wildman–Crippen LogP) is 1.17. The lowest BCUT2D eigenvalue weighted by Gasteiger charge is -2.34. The van der Waals surface area contributed by atoms with Crippen molar-refractivity contribution in [2.45, 2.75) is 12.8 Å². The fourth-order valence-electron chi connectivity index (χ4n) is 2.64. The van der Waals surface area contributed by atoms with Crippen LogP contribution >= 0.6 is 0 Å². The number of rotatable bonds is 4. The van der Waals surface area contributed by atoms with Crippen LogP contribution in [0, 0.1) is 5.41 Å². The second kappa shape index (κ2) is 6.25. The van der Waals surface area contributed by atoms with Gasteiger partial charge in [-0.1, -0.05) is 12.1 Å². The van der Waals surface area contributed by atoms with Gasteiger partial charge in [-0.25, -0.2) is 4.98 Å². The van der Waals surface area contributed by atoms with Crippen molar-refractivity contribution in [2.75, 3.05) is 25.1 Å². The second-order valence-corrected chi connectivity index (χ2v) is 5.47. The van der Waals surface area contributed by atoms with E-state index in [1.54, 1.807) is 0 Å². The van der Waals surface area contributed by atoms with Crippen LogP contribution in [0.3, 0.4) is 0 Å². The van der Waals surface area contributed by atoms with Crippen molar-refractivity contribution in [3.63, 3.8) is 0 Å². The molecule has 0 unspecified atom stereocenters. The molecule has 0 radical (unpaired) electrons. The van der Waals surface area contributed by atoms with Crippen molar-refractivity contribution < 1.29 is 9.53 Å². The third kappa shape index (κ3) is 2.86. The number of nitrogens with two attached hydrogens (primary N) is 1. The first-order valence-electron chi connectivity index (χ1n) is 7.29. The standard InChI is InChI=1S/C15H19N5O2/c16-9-15(4-6-22-7-5-15)14(21)19-12-3-1-2-11(8-12)13-17-10-18-20-13/h1-3,8,10H,4-7,9,16H2,(H,19,21)(H,17,18,20). The SMILES string of the molecule is NCC1(C(=O)Nc2cccc(-c3ncn[nH]3)c2)CCOCC1. The molecule has 0 saturated carbocycles. The number of nitrogens with zero attached hydrogens (tertiary/aromatic N) is 2. The molecule has 3 rings (SSSR count). The highest BCUT2D eigenvalue weighted by Gasteiger charge is 2.38. The molecule has 1 amide bonds. The summed E-state index contributed by atoms with van der Waals surface area (Å²) in [7, 11) is 0. The first-order valence-corrected chi connectivity index (χ1v) is 7.29. The lowest BCUT2D eigenvalue weighted by Crippen LogP contribution is -2.46. The van der Waals surface area contributed by atoms with Crippen LogP contribution in [-0.2, 0) is 9.53 Å². The summed E-state index contributed by atoms with van der Waals surface area (Å²) >= 11 is 0. The number of H-pyrrole nitrogens is 1. The maximum absolute atomic E-state index is 12.6. The number of carbonyl (C=O) groups excluding carboxylic acids is 1. The monoisotopic (exact) mass is 301 g/mol. The number of aromatic amines is 1. The van der Waals surface area contributed by atoms with E-state index in [4.69, 9.17) is 10.5 Å². The van der Waals surface area contributed by atoms with E-state index in [0.29, 0.717) is 38.4 Å². The number of anilines is 1. The van der Waals surface area contributed by atoms with Gasteiger partial charge < -0.3 is 15.8 Å². The summed E-state index contributed by atoms with van der Waals surface area (Å²) in [6.07, 6.45) is 2.75. The topological polar surface area (TPSA) is 106 Å². The lowest BCUT2D eigenvalue weighted by molar-refractivity contribution is -0.130. The largest absolute Gasteiger partial charge is 0.381 e. The number of amides is 1. The molecule has 7 heteroatoms. The van der Waals surface area contributed by atoms with Gasteiger partial charge in [-0.3, -0.25) is 9.89 Å². The molecular formula is C15H19N5O2. The lowest BCUT2D eigenvalue weighted by atomic mass is 9.79. The Kier molecular flexibility index (Phi) is 4.17. The molecule has 116 valence electrons. The molecule has 2 heterocycles. The quantitative estimate of drug-likeness (QED) is 0.786. The normalized spacial score (nSPS) is 17.1. The molecule has 0 atom stereocenters. The van der Waals surface area contributed by atoms with E-state index in [2.05, 4.69) is 20.5 Å². The van der Waals surface area contributed by atoms with Gasteiger partial charge in [0.1, 0.15) is 6.33 Å². The molecule has 1 saturated heterocycles. The summed E-state index contributed by atoms with van der Waals surface area (Å²) in [6.45, 7) is 1.47. The molecule has 22 heavy (non-hydrogen) atoms. The molecule has 1 aliphatic heterocycles. The van der Waals surface area contributed by atoms with Gasteiger partial charge in [-0.15, -0.1) is 0 Å². The van der Waals surface area contributed by atoms with Gasteiger partial charge in [0, 0.05) is 31.0 Å². The third-order valence-corrected chi connectivity index (χ3v) is 4.13. The van der Waals surface area contributed by atoms with Gasteiger partial charge in [-0.2, -0.15) is 5.10 Å². The minimum absolute atomic E-state index is 0.0481. The van der Waals surface area contributed by atoms with Crippen LogP contribution in [-0.4, -0.2) is 40.8 Å². The van der Waals surface area contributed by atoms with Crippen molar-refractivity contribution >= 4 is 11.6 Å². The van der Waals surface area contributed by atoms with Gasteiger partial charge in [0.15, 0.2) is 5.82 Å². The molecule has 0 bridgehead atoms. The van der Waals surface area contributed by atoms with Gasteiger partial charge in [0.05, 0.1) is 5.41 Å². The molecule has 1 aliphatic rings. The Labute approximate surface area is 128 Å². The fraction of sp³-hybridized carbons (Fsp3) is 0.400. The number of aromatic nitrogens is 3. The molecule has 0 aliphatic carbocycles. The summed E-state index contributed by atoms with van der Waals surface area (Å²) in [4.78, 5) is 16.7. The molecule has 4 N–H and O–H groups in total. The van der Waals surface area contributed by atoms with E-state index in [0.717, 1.165) is 11.3 Å². The van der Waals surface area contributed by atoms with Crippen molar-refractivity contribution in [3.05, 3.63) is 30.6 Å². The maximum atomic E-state index is 12.6. The Balaban J connectivity index is 1.78. The fourth-order valence-corrected chi connectivity index (χ4v) is 2.64. The summed E-state index contributed by atoms with van der Waals surface area (Å²) in [5.74, 6) is 0.615. The predicted molar refractivity (Wildman–Crippen MR) is 82.0 cm³/mol. The number of carbonyl (C=O) groups is 1. The van der Waals surface area contributed by atoms with Crippen molar-refractivity contribution in [1.82, 2.24) is 15.2 Å². The van der Waals surface area contributed by atoms with Crippen LogP contribution in [0.1, 0.15) is 12.8 Å². The zero-order valence-corrected chi connectivity index (χ0v) is 12.2. The van der Waals surface area contributed by atoms with Crippen LogP contribution in [0.5, 0.6) is 0 Å². The van der Waals surface area contributed by atoms with E-state index in [9.17, 15) is 4.79 Å². The summed E-state index contributed by atoms with van der Waals surface area (Å²) in [5.41, 5.74) is 6.90. The van der Waals surface area contributed by atoms with E-state index in [1.165, 1.54) is 6.33 Å². The minimum Gasteiger partial charge on any atom is -0.381 e. The Morgan fingerprint density at radius 3 is 2.91 bits per heavy atom. The summed E-state index contributed by atoms with van der Waals surface area (Å²) < 4.78 is 5.34. The van der Waals surface area contributed by atoms with Gasteiger partial charge >= 0.3 is 0 Å². The molecule has 7 nitrogen and oxygen atoms in total. The van der Waals surface area contributed by atoms with Gasteiger partial charge in [0.25, 0.3) is 0 Å². The van der Waals surface area contributed by atoms with Gasteiger partial charge in [0.2, 0.25) is 5.91 Å². The first-order chi connectivity index (χ1) is 10.7. The van der Waals surface area contributed by atoms with Crippen LogP contribution in [0.25, 0.3) is 11.4 Å². The van der Waals surface area contributed by atoms with Crippen LogP contribution in [0.4, 0.5) is 5.69 Å². The number of hydrogen-bond acceptors (Lipinski definition) is 5. The zero-order valence-electron chi connectivity index (χ0n) is 12.2. The molecule has 1 fully saturated rings. The molecular weight excluding hydrogens is 282 g/mol. The number of ether oxygens (including phenoxy) is 1. The highest BCUT2D eigenvalue weighted by molar-refractivity contribution is 5.96. The van der Waals surface area contributed by atoms with E-state index < -0.39 is 5.41 Å². The van der Waals surface area contributed by atoms with Crippen LogP contribution < -0.4 is 11.1 Å². The van der Waals surface area contributed by atoms with Crippen molar-refractivity contribution in [2.24, 2.45) is 11.1 Å². The molecule has 2 aromatic rings.